The molecule has 4 unspecified atom stereocenters. The Kier molecular flexibility index (Phi) is 8.29. The van der Waals surface area contributed by atoms with Crippen LogP contribution >= 0.6 is 0 Å². The third kappa shape index (κ3) is 6.45. The number of aromatic nitrogens is 4. The van der Waals surface area contributed by atoms with Crippen molar-refractivity contribution in [1.29, 1.82) is 0 Å². The van der Waals surface area contributed by atoms with Gasteiger partial charge >= 0.3 is 0 Å². The van der Waals surface area contributed by atoms with Crippen LogP contribution in [-0.4, -0.2) is 87.4 Å². The van der Waals surface area contributed by atoms with Crippen LogP contribution in [0.15, 0.2) is 61.2 Å². The fourth-order valence-corrected chi connectivity index (χ4v) is 7.25. The molecule has 45 heavy (non-hydrogen) atoms. The van der Waals surface area contributed by atoms with Crippen LogP contribution in [-0.2, 0) is 18.3 Å². The molecular weight excluding hydrogens is 564 g/mol. The summed E-state index contributed by atoms with van der Waals surface area (Å²) in [5.74, 6) is 0.416. The van der Waals surface area contributed by atoms with Crippen molar-refractivity contribution in [2.75, 3.05) is 45.6 Å². The predicted molar refractivity (Wildman–Crippen MR) is 175 cm³/mol. The standard InChI is InChI=1S/C35H44N8O2/c1-41-12-14-43(15-13-41)21-25-7-10-30(37-18-25)26-8-5-24(6-9-26)23-45-32-17-35(32)11-3-4-31(35)40-34(44)29-16-27(19-38-33(29)36)28-20-39-42(2)22-28/h5,7-10,16,18-20,22,24,31-32H,3-4,6,11-15,17,21,23H2,1-2H3,(H2,36,38)(H,40,44). The number of carbonyl (C=O) groups excluding carboxylic acids is 1. The molecule has 1 spiro atoms. The summed E-state index contributed by atoms with van der Waals surface area (Å²) in [7, 11) is 4.05. The normalized spacial score (nSPS) is 26.7. The molecule has 4 aliphatic rings. The summed E-state index contributed by atoms with van der Waals surface area (Å²) in [6.45, 7) is 6.14. The van der Waals surface area contributed by atoms with Gasteiger partial charge in [0, 0.05) is 86.9 Å². The molecule has 3 aromatic heterocycles. The minimum atomic E-state index is -0.170. The minimum Gasteiger partial charge on any atom is -0.383 e. The van der Waals surface area contributed by atoms with Crippen molar-refractivity contribution in [3.05, 3.63) is 78.0 Å². The Labute approximate surface area is 265 Å². The number of carbonyl (C=O) groups is 1. The minimum absolute atomic E-state index is 0.0218. The second kappa shape index (κ2) is 12.5. The van der Waals surface area contributed by atoms with Crippen LogP contribution in [0, 0.1) is 11.3 Å². The first kappa shape index (κ1) is 29.8. The molecule has 3 aromatic rings. The lowest BCUT2D eigenvalue weighted by Gasteiger charge is -2.32. The van der Waals surface area contributed by atoms with Crippen molar-refractivity contribution in [2.24, 2.45) is 18.4 Å². The number of nitrogen functional groups attached to an aromatic ring is 1. The van der Waals surface area contributed by atoms with Gasteiger partial charge in [-0.05, 0) is 56.0 Å². The summed E-state index contributed by atoms with van der Waals surface area (Å²) < 4.78 is 8.21. The van der Waals surface area contributed by atoms with Gasteiger partial charge < -0.3 is 20.7 Å². The molecule has 7 rings (SSSR count). The number of allylic oxidation sites excluding steroid dienone is 3. The Morgan fingerprint density at radius 2 is 1.98 bits per heavy atom. The number of nitrogens with two attached hydrogens (primary N) is 1. The van der Waals surface area contributed by atoms with E-state index in [2.05, 4.69) is 62.6 Å². The van der Waals surface area contributed by atoms with Crippen LogP contribution in [0.4, 0.5) is 5.82 Å². The van der Waals surface area contributed by atoms with E-state index in [-0.39, 0.29) is 29.3 Å². The number of aryl methyl sites for hydroxylation is 1. The summed E-state index contributed by atoms with van der Waals surface area (Å²) in [6.07, 6.45) is 19.3. The first-order chi connectivity index (χ1) is 21.9. The molecular formula is C35H44N8O2. The van der Waals surface area contributed by atoms with E-state index in [9.17, 15) is 4.79 Å². The monoisotopic (exact) mass is 608 g/mol. The van der Waals surface area contributed by atoms with Crippen LogP contribution in [0.1, 0.15) is 53.7 Å². The van der Waals surface area contributed by atoms with Crippen molar-refractivity contribution >= 4 is 17.3 Å². The number of likely N-dealkylation sites (N-methyl/N-ethyl adjacent to an activating group) is 1. The Morgan fingerprint density at radius 1 is 1.11 bits per heavy atom. The van der Waals surface area contributed by atoms with Crippen LogP contribution in [0.3, 0.4) is 0 Å². The Hall–Kier alpha value is -3.86. The molecule has 10 nitrogen and oxygen atoms in total. The number of pyridine rings is 2. The van der Waals surface area contributed by atoms with Crippen molar-refractivity contribution in [2.45, 2.75) is 50.8 Å². The van der Waals surface area contributed by atoms with Gasteiger partial charge in [0.25, 0.3) is 5.91 Å². The number of hydrogen-bond donors (Lipinski definition) is 2. The topological polar surface area (TPSA) is 114 Å². The second-order valence-electron chi connectivity index (χ2n) is 13.4. The Bertz CT molecular complexity index is 1590. The smallest absolute Gasteiger partial charge is 0.255 e. The quantitative estimate of drug-likeness (QED) is 0.376. The highest BCUT2D eigenvalue weighted by molar-refractivity contribution is 5.99. The van der Waals surface area contributed by atoms with Crippen LogP contribution in [0.25, 0.3) is 16.7 Å². The van der Waals surface area contributed by atoms with Crippen molar-refractivity contribution in [3.63, 3.8) is 0 Å². The number of rotatable bonds is 9. The highest BCUT2D eigenvalue weighted by Crippen LogP contribution is 2.59. The fourth-order valence-electron chi connectivity index (χ4n) is 7.25. The maximum atomic E-state index is 13.4. The third-order valence-corrected chi connectivity index (χ3v) is 10.2. The summed E-state index contributed by atoms with van der Waals surface area (Å²) in [5, 5.41) is 7.53. The number of hydrogen-bond acceptors (Lipinski definition) is 8. The lowest BCUT2D eigenvalue weighted by Crippen LogP contribution is -2.43. The maximum Gasteiger partial charge on any atom is 0.255 e. The second-order valence-corrected chi connectivity index (χ2v) is 13.4. The average molecular weight is 609 g/mol. The molecule has 3 aliphatic carbocycles. The third-order valence-electron chi connectivity index (χ3n) is 10.2. The molecule has 2 saturated carbocycles. The van der Waals surface area contributed by atoms with Crippen molar-refractivity contribution in [3.8, 4) is 11.1 Å². The first-order valence-corrected chi connectivity index (χ1v) is 16.3. The first-order valence-electron chi connectivity index (χ1n) is 16.3. The van der Waals surface area contributed by atoms with Gasteiger partial charge in [0.05, 0.1) is 30.2 Å². The van der Waals surface area contributed by atoms with E-state index in [4.69, 9.17) is 15.5 Å². The highest BCUT2D eigenvalue weighted by atomic mass is 16.5. The maximum absolute atomic E-state index is 13.4. The van der Waals surface area contributed by atoms with Crippen LogP contribution in [0.5, 0.6) is 0 Å². The molecule has 236 valence electrons. The number of anilines is 1. The number of nitrogens with zero attached hydrogens (tertiary/aromatic N) is 6. The van der Waals surface area contributed by atoms with E-state index in [0.29, 0.717) is 18.1 Å². The summed E-state index contributed by atoms with van der Waals surface area (Å²) in [4.78, 5) is 27.4. The molecule has 0 radical (unpaired) electrons. The molecule has 10 heteroatoms. The van der Waals surface area contributed by atoms with E-state index in [1.54, 1.807) is 17.1 Å². The lowest BCUT2D eigenvalue weighted by atomic mass is 9.95. The van der Waals surface area contributed by atoms with Gasteiger partial charge in [-0.15, -0.1) is 0 Å². The van der Waals surface area contributed by atoms with Gasteiger partial charge in [-0.25, -0.2) is 4.98 Å². The Morgan fingerprint density at radius 3 is 2.71 bits per heavy atom. The summed E-state index contributed by atoms with van der Waals surface area (Å²) in [5.41, 5.74) is 11.8. The number of nitrogens with one attached hydrogen (secondary N) is 1. The van der Waals surface area contributed by atoms with E-state index < -0.39 is 0 Å². The molecule has 4 heterocycles. The number of ether oxygens (including phenoxy) is 1. The molecule has 4 atom stereocenters. The van der Waals surface area contributed by atoms with E-state index in [1.807, 2.05) is 25.5 Å². The van der Waals surface area contributed by atoms with Gasteiger partial charge in [-0.2, -0.15) is 5.10 Å². The highest BCUT2D eigenvalue weighted by Gasteiger charge is 2.62. The predicted octanol–water partition coefficient (Wildman–Crippen LogP) is 3.92. The molecule has 1 aliphatic heterocycles. The molecule has 0 bridgehead atoms. The van der Waals surface area contributed by atoms with Gasteiger partial charge in [0.1, 0.15) is 5.82 Å². The zero-order valence-corrected chi connectivity index (χ0v) is 26.4. The van der Waals surface area contributed by atoms with Crippen molar-refractivity contribution in [1.82, 2.24) is 34.9 Å². The van der Waals surface area contributed by atoms with E-state index >= 15 is 0 Å². The zero-order chi connectivity index (χ0) is 31.0. The van der Waals surface area contributed by atoms with Crippen LogP contribution < -0.4 is 11.1 Å². The van der Waals surface area contributed by atoms with Gasteiger partial charge in [-0.3, -0.25) is 19.4 Å². The molecule has 3 fully saturated rings. The van der Waals surface area contributed by atoms with Gasteiger partial charge in [0.2, 0.25) is 0 Å². The largest absolute Gasteiger partial charge is 0.383 e. The fraction of sp³-hybridized carbons (Fsp3) is 0.486. The molecule has 3 N–H and O–H groups in total. The molecule has 1 amide bonds. The lowest BCUT2D eigenvalue weighted by molar-refractivity contribution is 0.0649. The SMILES string of the molecule is CN1CCN(Cc2ccc(C3=CCC(COC4CC45CCCC5NC(=O)c4cc(-c5cnn(C)c5)cnc4N)C=C3)nc2)CC1. The van der Waals surface area contributed by atoms with Crippen LogP contribution in [0.2, 0.25) is 0 Å². The molecule has 1 saturated heterocycles. The van der Waals surface area contributed by atoms with Gasteiger partial charge in [-0.1, -0.05) is 30.7 Å². The summed E-state index contributed by atoms with van der Waals surface area (Å²) in [6, 6.07) is 6.26. The van der Waals surface area contributed by atoms with Crippen molar-refractivity contribution < 1.29 is 9.53 Å². The number of amides is 1. The Balaban J connectivity index is 0.898. The van der Waals surface area contributed by atoms with E-state index in [0.717, 1.165) is 81.6 Å². The number of piperazine rings is 1. The van der Waals surface area contributed by atoms with Gasteiger partial charge in [0.15, 0.2) is 0 Å². The van der Waals surface area contributed by atoms with E-state index in [1.165, 1.54) is 11.1 Å². The zero-order valence-electron chi connectivity index (χ0n) is 26.4. The average Bonchev–Trinajstić information content (AvgIpc) is 3.33. The molecule has 0 aromatic carbocycles. The summed E-state index contributed by atoms with van der Waals surface area (Å²) >= 11 is 0.